The molecule has 0 aliphatic rings. The van der Waals surface area contributed by atoms with Crippen LogP contribution in [0.1, 0.15) is 20.8 Å². The van der Waals surface area contributed by atoms with Crippen molar-refractivity contribution in [3.8, 4) is 0 Å². The van der Waals surface area contributed by atoms with E-state index in [2.05, 4.69) is 0 Å². The van der Waals surface area contributed by atoms with Gasteiger partial charge in [-0.3, -0.25) is 0 Å². The molecule has 0 fully saturated rings. The molecule has 1 atom stereocenters. The highest BCUT2D eigenvalue weighted by Crippen LogP contribution is 2.16. The highest BCUT2D eigenvalue weighted by atomic mass is 35.5. The van der Waals surface area contributed by atoms with E-state index in [1.807, 2.05) is 13.8 Å². The summed E-state index contributed by atoms with van der Waals surface area (Å²) >= 11 is 5.64. The molecule has 0 aromatic heterocycles. The van der Waals surface area contributed by atoms with E-state index >= 15 is 0 Å². The summed E-state index contributed by atoms with van der Waals surface area (Å²) in [6, 6.07) is 0. The van der Waals surface area contributed by atoms with Gasteiger partial charge in [0.25, 0.3) is 0 Å². The Morgan fingerprint density at radius 2 is 2.11 bits per heavy atom. The van der Waals surface area contributed by atoms with Gasteiger partial charge < -0.3 is 9.84 Å². The summed E-state index contributed by atoms with van der Waals surface area (Å²) in [5.74, 6) is 0. The van der Waals surface area contributed by atoms with Crippen molar-refractivity contribution in [3.05, 3.63) is 0 Å². The Morgan fingerprint density at radius 1 is 1.67 bits per heavy atom. The van der Waals surface area contributed by atoms with Crippen molar-refractivity contribution in [2.24, 2.45) is 0 Å². The Balaban J connectivity index is 3.58. The standard InChI is InChI=1S/C6H13ClO2/c1-5(2)9-6(3,7)4-8/h5,8H,4H2,1-3H3. The van der Waals surface area contributed by atoms with Crippen LogP contribution in [0.4, 0.5) is 0 Å². The van der Waals surface area contributed by atoms with Crippen LogP contribution in [-0.4, -0.2) is 22.9 Å². The van der Waals surface area contributed by atoms with Gasteiger partial charge in [-0.25, -0.2) is 0 Å². The van der Waals surface area contributed by atoms with Crippen LogP contribution in [0.25, 0.3) is 0 Å². The lowest BCUT2D eigenvalue weighted by Crippen LogP contribution is -2.29. The molecule has 1 unspecified atom stereocenters. The molecular formula is C6H13ClO2. The van der Waals surface area contributed by atoms with E-state index in [1.165, 1.54) is 0 Å². The van der Waals surface area contributed by atoms with E-state index in [1.54, 1.807) is 6.92 Å². The van der Waals surface area contributed by atoms with Gasteiger partial charge in [0.1, 0.15) is 0 Å². The molecule has 0 aliphatic carbocycles. The lowest BCUT2D eigenvalue weighted by molar-refractivity contribution is -0.0415. The lowest BCUT2D eigenvalue weighted by Gasteiger charge is -2.22. The molecule has 2 nitrogen and oxygen atoms in total. The van der Waals surface area contributed by atoms with Gasteiger partial charge in [0.15, 0.2) is 5.06 Å². The zero-order valence-corrected chi connectivity index (χ0v) is 6.77. The van der Waals surface area contributed by atoms with Crippen molar-refractivity contribution >= 4 is 11.6 Å². The molecule has 0 bridgehead atoms. The second-order valence-corrected chi connectivity index (χ2v) is 3.23. The van der Waals surface area contributed by atoms with Crippen LogP contribution in [0.5, 0.6) is 0 Å². The maximum absolute atomic E-state index is 8.59. The van der Waals surface area contributed by atoms with Gasteiger partial charge >= 0.3 is 0 Å². The third kappa shape index (κ3) is 4.70. The van der Waals surface area contributed by atoms with Gasteiger partial charge in [0.05, 0.1) is 12.7 Å². The van der Waals surface area contributed by atoms with Gasteiger partial charge in [-0.05, 0) is 20.8 Å². The number of rotatable bonds is 3. The van der Waals surface area contributed by atoms with Gasteiger partial charge in [0.2, 0.25) is 0 Å². The molecular weight excluding hydrogens is 140 g/mol. The molecule has 0 spiro atoms. The number of halogens is 1. The number of aliphatic hydroxyl groups is 1. The molecule has 0 radical (unpaired) electrons. The normalized spacial score (nSPS) is 18.0. The number of hydrogen-bond acceptors (Lipinski definition) is 2. The average Bonchev–Trinajstić information content (AvgIpc) is 1.63. The maximum Gasteiger partial charge on any atom is 0.162 e. The Labute approximate surface area is 60.8 Å². The van der Waals surface area contributed by atoms with Gasteiger partial charge in [0, 0.05) is 0 Å². The summed E-state index contributed by atoms with van der Waals surface area (Å²) in [6.45, 7) is 5.22. The first-order valence-corrected chi connectivity index (χ1v) is 3.33. The zero-order valence-electron chi connectivity index (χ0n) is 6.02. The second-order valence-electron chi connectivity index (χ2n) is 2.43. The van der Waals surface area contributed by atoms with E-state index in [0.717, 1.165) is 0 Å². The molecule has 1 N–H and O–H groups in total. The van der Waals surface area contributed by atoms with Crippen LogP contribution < -0.4 is 0 Å². The largest absolute Gasteiger partial charge is 0.392 e. The summed E-state index contributed by atoms with van der Waals surface area (Å²) in [6.07, 6.45) is 0.0552. The number of aliphatic hydroxyl groups excluding tert-OH is 1. The maximum atomic E-state index is 8.59. The van der Waals surface area contributed by atoms with Crippen molar-refractivity contribution in [3.63, 3.8) is 0 Å². The van der Waals surface area contributed by atoms with E-state index in [0.29, 0.717) is 0 Å². The van der Waals surface area contributed by atoms with Crippen LogP contribution in [0.2, 0.25) is 0 Å². The Morgan fingerprint density at radius 3 is 2.22 bits per heavy atom. The molecule has 0 saturated heterocycles. The smallest absolute Gasteiger partial charge is 0.162 e. The minimum atomic E-state index is -0.909. The summed E-state index contributed by atoms with van der Waals surface area (Å²) in [5, 5.41) is 7.68. The van der Waals surface area contributed by atoms with Crippen molar-refractivity contribution < 1.29 is 9.84 Å². The quantitative estimate of drug-likeness (QED) is 0.619. The first kappa shape index (κ1) is 9.21. The monoisotopic (exact) mass is 152 g/mol. The van der Waals surface area contributed by atoms with Crippen molar-refractivity contribution in [2.45, 2.75) is 31.9 Å². The van der Waals surface area contributed by atoms with Crippen LogP contribution >= 0.6 is 11.6 Å². The summed E-state index contributed by atoms with van der Waals surface area (Å²) < 4.78 is 5.10. The number of ether oxygens (including phenoxy) is 1. The Hall–Kier alpha value is 0.210. The first-order chi connectivity index (χ1) is 3.98. The molecule has 9 heavy (non-hydrogen) atoms. The van der Waals surface area contributed by atoms with Crippen molar-refractivity contribution in [2.75, 3.05) is 6.61 Å². The molecule has 56 valence electrons. The molecule has 0 aromatic carbocycles. The van der Waals surface area contributed by atoms with E-state index in [9.17, 15) is 0 Å². The summed E-state index contributed by atoms with van der Waals surface area (Å²) in [4.78, 5) is 0. The van der Waals surface area contributed by atoms with Crippen LogP contribution in [0, 0.1) is 0 Å². The van der Waals surface area contributed by atoms with E-state index in [-0.39, 0.29) is 12.7 Å². The van der Waals surface area contributed by atoms with Crippen LogP contribution in [0.15, 0.2) is 0 Å². The third-order valence-corrected chi connectivity index (χ3v) is 0.972. The predicted molar refractivity (Wildman–Crippen MR) is 37.6 cm³/mol. The fraction of sp³-hybridized carbons (Fsp3) is 1.00. The topological polar surface area (TPSA) is 29.5 Å². The SMILES string of the molecule is CC(C)OC(C)(Cl)CO. The van der Waals surface area contributed by atoms with Crippen LogP contribution in [0.3, 0.4) is 0 Å². The Kier molecular flexibility index (Phi) is 3.48. The zero-order chi connectivity index (χ0) is 7.49. The highest BCUT2D eigenvalue weighted by Gasteiger charge is 2.20. The molecule has 0 amide bonds. The second kappa shape index (κ2) is 3.40. The molecule has 3 heteroatoms. The minimum Gasteiger partial charge on any atom is -0.392 e. The summed E-state index contributed by atoms with van der Waals surface area (Å²) in [7, 11) is 0. The van der Waals surface area contributed by atoms with Crippen molar-refractivity contribution in [1.82, 2.24) is 0 Å². The number of hydrogen-bond donors (Lipinski definition) is 1. The summed E-state index contributed by atoms with van der Waals surface area (Å²) in [5.41, 5.74) is 0. The lowest BCUT2D eigenvalue weighted by atomic mass is 10.4. The van der Waals surface area contributed by atoms with Gasteiger partial charge in [-0.15, -0.1) is 0 Å². The molecule has 0 aromatic rings. The third-order valence-electron chi connectivity index (χ3n) is 0.764. The minimum absolute atomic E-state index is 0.0552. The number of alkyl halides is 1. The highest BCUT2D eigenvalue weighted by molar-refractivity contribution is 6.22. The molecule has 0 heterocycles. The fourth-order valence-electron chi connectivity index (χ4n) is 0.529. The van der Waals surface area contributed by atoms with Crippen molar-refractivity contribution in [1.29, 1.82) is 0 Å². The first-order valence-electron chi connectivity index (χ1n) is 2.95. The van der Waals surface area contributed by atoms with E-state index in [4.69, 9.17) is 21.4 Å². The fourth-order valence-corrected chi connectivity index (χ4v) is 0.707. The van der Waals surface area contributed by atoms with E-state index < -0.39 is 5.06 Å². The Bertz CT molecular complexity index is 81.1. The predicted octanol–water partition coefficient (Wildman–Crippen LogP) is 1.36. The molecule has 0 aliphatic heterocycles. The van der Waals surface area contributed by atoms with Gasteiger partial charge in [-0.2, -0.15) is 0 Å². The average molecular weight is 153 g/mol. The van der Waals surface area contributed by atoms with Gasteiger partial charge in [-0.1, -0.05) is 11.6 Å². The molecule has 0 rings (SSSR count). The molecule has 0 saturated carbocycles. The van der Waals surface area contributed by atoms with Crippen LogP contribution in [-0.2, 0) is 4.74 Å².